The molecular weight excluding hydrogens is 269 g/mol. The zero-order valence-electron chi connectivity index (χ0n) is 13.0. The van der Waals surface area contributed by atoms with Crippen LogP contribution in [0.1, 0.15) is 49.9 Å². The molecule has 0 amide bonds. The van der Waals surface area contributed by atoms with Gasteiger partial charge in [-0.3, -0.25) is 0 Å². The third kappa shape index (κ3) is 3.74. The molecular formula is C17H24FNO2. The van der Waals surface area contributed by atoms with Crippen LogP contribution in [0.3, 0.4) is 0 Å². The van der Waals surface area contributed by atoms with Gasteiger partial charge in [0.15, 0.2) is 0 Å². The highest BCUT2D eigenvalue weighted by Crippen LogP contribution is 2.33. The second-order valence-electron chi connectivity index (χ2n) is 6.12. The molecule has 1 N–H and O–H groups in total. The molecule has 1 aliphatic rings. The van der Waals surface area contributed by atoms with Crippen LogP contribution in [0.2, 0.25) is 0 Å². The molecule has 0 radical (unpaired) electrons. The quantitative estimate of drug-likeness (QED) is 0.844. The van der Waals surface area contributed by atoms with Gasteiger partial charge in [0.25, 0.3) is 0 Å². The lowest BCUT2D eigenvalue weighted by Crippen LogP contribution is -2.35. The number of nitrogens with one attached hydrogen (secondary N) is 1. The maximum atomic E-state index is 13.4. The number of hydrogen-bond acceptors (Lipinski definition) is 3. The highest BCUT2D eigenvalue weighted by molar-refractivity contribution is 5.95. The maximum Gasteiger partial charge on any atom is 0.340 e. The summed E-state index contributed by atoms with van der Waals surface area (Å²) in [6.07, 6.45) is 4.73. The lowest BCUT2D eigenvalue weighted by Gasteiger charge is -2.35. The SMILES string of the molecule is COC(=O)c1cc(F)ccc1NC1CCCCC1C(C)C. The van der Waals surface area contributed by atoms with E-state index in [0.717, 1.165) is 6.42 Å². The molecule has 2 atom stereocenters. The molecule has 1 fully saturated rings. The molecule has 0 aromatic heterocycles. The fraction of sp³-hybridized carbons (Fsp3) is 0.588. The molecule has 0 bridgehead atoms. The van der Waals surface area contributed by atoms with Crippen molar-refractivity contribution in [1.29, 1.82) is 0 Å². The van der Waals surface area contributed by atoms with Gasteiger partial charge in [0.05, 0.1) is 12.7 Å². The Hall–Kier alpha value is -1.58. The van der Waals surface area contributed by atoms with Gasteiger partial charge in [-0.05, 0) is 42.9 Å². The van der Waals surface area contributed by atoms with E-state index in [2.05, 4.69) is 19.2 Å². The lowest BCUT2D eigenvalue weighted by molar-refractivity contribution is 0.0601. The zero-order valence-corrected chi connectivity index (χ0v) is 13.0. The minimum atomic E-state index is -0.506. The van der Waals surface area contributed by atoms with Crippen molar-refractivity contribution in [2.24, 2.45) is 11.8 Å². The van der Waals surface area contributed by atoms with Crippen LogP contribution in [0.25, 0.3) is 0 Å². The van der Waals surface area contributed by atoms with Gasteiger partial charge in [0.1, 0.15) is 5.82 Å². The predicted molar refractivity (Wildman–Crippen MR) is 81.9 cm³/mol. The number of rotatable bonds is 4. The largest absolute Gasteiger partial charge is 0.465 e. The normalized spacial score (nSPS) is 22.1. The number of anilines is 1. The number of benzene rings is 1. The second kappa shape index (κ2) is 6.92. The van der Waals surface area contributed by atoms with Gasteiger partial charge in [-0.2, -0.15) is 0 Å². The number of esters is 1. The van der Waals surface area contributed by atoms with Gasteiger partial charge in [-0.1, -0.05) is 26.7 Å². The average molecular weight is 293 g/mol. The number of carbonyl (C=O) groups is 1. The maximum absolute atomic E-state index is 13.4. The highest BCUT2D eigenvalue weighted by Gasteiger charge is 2.28. The van der Waals surface area contributed by atoms with Crippen LogP contribution in [0, 0.1) is 17.7 Å². The van der Waals surface area contributed by atoms with Crippen LogP contribution in [-0.4, -0.2) is 19.1 Å². The van der Waals surface area contributed by atoms with Crippen LogP contribution in [0.15, 0.2) is 18.2 Å². The van der Waals surface area contributed by atoms with E-state index in [9.17, 15) is 9.18 Å². The molecule has 2 rings (SSSR count). The summed E-state index contributed by atoms with van der Waals surface area (Å²) in [7, 11) is 1.31. The summed E-state index contributed by atoms with van der Waals surface area (Å²) in [5.74, 6) is 0.234. The number of halogens is 1. The Balaban J connectivity index is 2.23. The number of methoxy groups -OCH3 is 1. The van der Waals surface area contributed by atoms with Gasteiger partial charge in [-0.15, -0.1) is 0 Å². The number of hydrogen-bond donors (Lipinski definition) is 1. The third-order valence-corrected chi connectivity index (χ3v) is 4.40. The standard InChI is InChI=1S/C17H24FNO2/c1-11(2)13-6-4-5-7-15(13)19-16-9-8-12(18)10-14(16)17(20)21-3/h8-11,13,15,19H,4-7H2,1-3H3. The monoisotopic (exact) mass is 293 g/mol. The second-order valence-corrected chi connectivity index (χ2v) is 6.12. The molecule has 1 aromatic rings. The Morgan fingerprint density at radius 3 is 2.71 bits per heavy atom. The van der Waals surface area contributed by atoms with Crippen LogP contribution >= 0.6 is 0 Å². The zero-order chi connectivity index (χ0) is 15.4. The van der Waals surface area contributed by atoms with E-state index in [1.54, 1.807) is 6.07 Å². The predicted octanol–water partition coefficient (Wildman–Crippen LogP) is 4.24. The van der Waals surface area contributed by atoms with E-state index >= 15 is 0 Å². The Kier molecular flexibility index (Phi) is 5.21. The van der Waals surface area contributed by atoms with Crippen molar-refractivity contribution in [3.8, 4) is 0 Å². The Bertz CT molecular complexity index is 502. The van der Waals surface area contributed by atoms with E-state index in [1.165, 1.54) is 38.5 Å². The first-order valence-electron chi connectivity index (χ1n) is 7.67. The van der Waals surface area contributed by atoms with Gasteiger partial charge < -0.3 is 10.1 Å². The molecule has 1 aliphatic carbocycles. The summed E-state index contributed by atoms with van der Waals surface area (Å²) >= 11 is 0. The van der Waals surface area contributed by atoms with Crippen LogP contribution < -0.4 is 5.32 Å². The first kappa shape index (κ1) is 15.8. The van der Waals surface area contributed by atoms with Crippen molar-refractivity contribution in [3.63, 3.8) is 0 Å². The highest BCUT2D eigenvalue weighted by atomic mass is 19.1. The number of ether oxygens (including phenoxy) is 1. The summed E-state index contributed by atoms with van der Waals surface area (Å²) < 4.78 is 18.1. The van der Waals surface area contributed by atoms with Gasteiger partial charge in [0.2, 0.25) is 0 Å². The van der Waals surface area contributed by atoms with E-state index in [0.29, 0.717) is 23.6 Å². The molecule has 116 valence electrons. The fourth-order valence-electron chi connectivity index (χ4n) is 3.26. The van der Waals surface area contributed by atoms with E-state index in [1.807, 2.05) is 0 Å². The first-order chi connectivity index (χ1) is 10.0. The van der Waals surface area contributed by atoms with E-state index in [-0.39, 0.29) is 5.56 Å². The summed E-state index contributed by atoms with van der Waals surface area (Å²) in [6.45, 7) is 4.47. The van der Waals surface area contributed by atoms with Crippen LogP contribution in [-0.2, 0) is 4.74 Å². The van der Waals surface area contributed by atoms with Gasteiger partial charge in [0, 0.05) is 11.7 Å². The molecule has 21 heavy (non-hydrogen) atoms. The molecule has 1 aromatic carbocycles. The first-order valence-corrected chi connectivity index (χ1v) is 7.67. The Labute approximate surface area is 125 Å². The Morgan fingerprint density at radius 1 is 1.33 bits per heavy atom. The topological polar surface area (TPSA) is 38.3 Å². The van der Waals surface area contributed by atoms with Crippen molar-refractivity contribution < 1.29 is 13.9 Å². The molecule has 1 saturated carbocycles. The van der Waals surface area contributed by atoms with E-state index < -0.39 is 11.8 Å². The molecule has 2 unspecified atom stereocenters. The summed E-state index contributed by atoms with van der Waals surface area (Å²) in [4.78, 5) is 11.8. The summed E-state index contributed by atoms with van der Waals surface area (Å²) in [5, 5.41) is 3.46. The van der Waals surface area contributed by atoms with Gasteiger partial charge in [-0.25, -0.2) is 9.18 Å². The fourth-order valence-corrected chi connectivity index (χ4v) is 3.26. The smallest absolute Gasteiger partial charge is 0.340 e. The molecule has 3 nitrogen and oxygen atoms in total. The van der Waals surface area contributed by atoms with E-state index in [4.69, 9.17) is 4.74 Å². The minimum absolute atomic E-state index is 0.269. The van der Waals surface area contributed by atoms with Crippen molar-refractivity contribution in [2.45, 2.75) is 45.6 Å². The molecule has 0 heterocycles. The van der Waals surface area contributed by atoms with Crippen molar-refractivity contribution in [1.82, 2.24) is 0 Å². The molecule has 0 spiro atoms. The molecule has 0 saturated heterocycles. The Morgan fingerprint density at radius 2 is 2.05 bits per heavy atom. The summed E-state index contributed by atoms with van der Waals surface area (Å²) in [5.41, 5.74) is 0.936. The average Bonchev–Trinajstić information content (AvgIpc) is 2.48. The molecule has 4 heteroatoms. The van der Waals surface area contributed by atoms with Crippen LogP contribution in [0.5, 0.6) is 0 Å². The molecule has 0 aliphatic heterocycles. The number of carbonyl (C=O) groups excluding carboxylic acids is 1. The third-order valence-electron chi connectivity index (χ3n) is 4.40. The lowest BCUT2D eigenvalue weighted by atomic mass is 9.77. The van der Waals surface area contributed by atoms with Crippen molar-refractivity contribution in [2.75, 3.05) is 12.4 Å². The minimum Gasteiger partial charge on any atom is -0.465 e. The van der Waals surface area contributed by atoms with Crippen molar-refractivity contribution in [3.05, 3.63) is 29.6 Å². The van der Waals surface area contributed by atoms with Crippen molar-refractivity contribution >= 4 is 11.7 Å². The summed E-state index contributed by atoms with van der Waals surface area (Å²) in [6, 6.07) is 4.57. The van der Waals surface area contributed by atoms with Crippen LogP contribution in [0.4, 0.5) is 10.1 Å². The van der Waals surface area contributed by atoms with Gasteiger partial charge >= 0.3 is 5.97 Å².